The molecule has 8 nitrogen and oxygen atoms in total. The first-order chi connectivity index (χ1) is 17.6. The number of carbonyl (C=O) groups excluding carboxylic acids is 3. The van der Waals surface area contributed by atoms with Crippen molar-refractivity contribution < 1.29 is 28.6 Å². The lowest BCUT2D eigenvalue weighted by Crippen LogP contribution is -2.53. The molecule has 0 spiro atoms. The molecular weight excluding hydrogens is 528 g/mol. The van der Waals surface area contributed by atoms with Crippen molar-refractivity contribution in [3.8, 4) is 0 Å². The fourth-order valence-corrected chi connectivity index (χ4v) is 5.27. The minimum Gasteiger partial charge on any atom is -0.458 e. The SMILES string of the molecule is C[C@@H](OC(=O)[C@H](c1ccccc1Cl)N1CCc2sccc2C1)[C@H](NC(=O)OC(C)(C)C)C(=O)OC(C)(C)C. The summed E-state index contributed by atoms with van der Waals surface area (Å²) >= 11 is 8.24. The molecule has 0 saturated carbocycles. The number of benzene rings is 1. The molecule has 2 aromatic rings. The molecular formula is C28H37ClN2O6S. The van der Waals surface area contributed by atoms with E-state index in [-0.39, 0.29) is 0 Å². The first kappa shape index (κ1) is 29.9. The minimum absolute atomic E-state index is 0.439. The second-order valence-corrected chi connectivity index (χ2v) is 12.7. The van der Waals surface area contributed by atoms with E-state index in [0.717, 1.165) is 12.0 Å². The van der Waals surface area contributed by atoms with Crippen molar-refractivity contribution in [1.82, 2.24) is 10.2 Å². The first-order valence-electron chi connectivity index (χ1n) is 12.6. The number of hydrogen-bond donors (Lipinski definition) is 1. The largest absolute Gasteiger partial charge is 0.458 e. The van der Waals surface area contributed by atoms with Crippen molar-refractivity contribution in [3.05, 3.63) is 56.7 Å². The number of carbonyl (C=O) groups is 3. The maximum absolute atomic E-state index is 13.8. The van der Waals surface area contributed by atoms with E-state index in [9.17, 15) is 14.4 Å². The van der Waals surface area contributed by atoms with Gasteiger partial charge in [-0.1, -0.05) is 29.8 Å². The summed E-state index contributed by atoms with van der Waals surface area (Å²) in [6.07, 6.45) is -1.08. The predicted molar refractivity (Wildman–Crippen MR) is 147 cm³/mol. The fourth-order valence-electron chi connectivity index (χ4n) is 4.14. The number of thiophene rings is 1. The Hall–Kier alpha value is -2.62. The second kappa shape index (κ2) is 12.1. The smallest absolute Gasteiger partial charge is 0.408 e. The molecule has 1 aromatic heterocycles. The van der Waals surface area contributed by atoms with Gasteiger partial charge in [0.25, 0.3) is 0 Å². The summed E-state index contributed by atoms with van der Waals surface area (Å²) in [6, 6.07) is 7.11. The zero-order chi connectivity index (χ0) is 28.3. The van der Waals surface area contributed by atoms with Gasteiger partial charge in [-0.2, -0.15) is 0 Å². The van der Waals surface area contributed by atoms with Crippen LogP contribution in [0.25, 0.3) is 0 Å². The Kier molecular flexibility index (Phi) is 9.49. The van der Waals surface area contributed by atoms with Gasteiger partial charge in [0.15, 0.2) is 6.04 Å². The molecule has 38 heavy (non-hydrogen) atoms. The number of hydrogen-bond acceptors (Lipinski definition) is 8. The maximum Gasteiger partial charge on any atom is 0.408 e. The Morgan fingerprint density at radius 1 is 1.00 bits per heavy atom. The predicted octanol–water partition coefficient (Wildman–Crippen LogP) is 5.67. The summed E-state index contributed by atoms with van der Waals surface area (Å²) in [5.74, 6) is -1.32. The zero-order valence-electron chi connectivity index (χ0n) is 23.0. The number of ether oxygens (including phenoxy) is 3. The van der Waals surface area contributed by atoms with Crippen molar-refractivity contribution in [2.75, 3.05) is 6.54 Å². The van der Waals surface area contributed by atoms with E-state index in [0.29, 0.717) is 23.7 Å². The molecule has 3 atom stereocenters. The summed E-state index contributed by atoms with van der Waals surface area (Å²) in [5, 5.41) is 5.02. The topological polar surface area (TPSA) is 94.2 Å². The van der Waals surface area contributed by atoms with Crippen molar-refractivity contribution in [2.24, 2.45) is 0 Å². The minimum atomic E-state index is -1.29. The van der Waals surface area contributed by atoms with E-state index in [1.807, 2.05) is 16.3 Å². The van der Waals surface area contributed by atoms with E-state index >= 15 is 0 Å². The number of alkyl carbamates (subject to hydrolysis) is 1. The molecule has 1 aromatic carbocycles. The van der Waals surface area contributed by atoms with Crippen LogP contribution in [0, 0.1) is 0 Å². The third kappa shape index (κ3) is 8.19. The summed E-state index contributed by atoms with van der Waals surface area (Å²) in [6.45, 7) is 13.0. The Morgan fingerprint density at radius 2 is 1.66 bits per heavy atom. The number of fused-ring (bicyclic) bond motifs is 1. The van der Waals surface area contributed by atoms with Gasteiger partial charge in [-0.15, -0.1) is 11.3 Å². The van der Waals surface area contributed by atoms with Gasteiger partial charge in [0.05, 0.1) is 0 Å². The van der Waals surface area contributed by atoms with E-state index in [4.69, 9.17) is 25.8 Å². The van der Waals surface area contributed by atoms with Crippen LogP contribution in [0.1, 0.15) is 70.5 Å². The lowest BCUT2D eigenvalue weighted by molar-refractivity contribution is -0.167. The monoisotopic (exact) mass is 564 g/mol. The van der Waals surface area contributed by atoms with Crippen LogP contribution in [-0.4, -0.2) is 52.8 Å². The molecule has 1 aliphatic heterocycles. The molecule has 0 bridgehead atoms. The second-order valence-electron chi connectivity index (χ2n) is 11.3. The highest BCUT2D eigenvalue weighted by Crippen LogP contribution is 2.34. The van der Waals surface area contributed by atoms with Gasteiger partial charge in [-0.25, -0.2) is 14.4 Å². The molecule has 0 aliphatic carbocycles. The van der Waals surface area contributed by atoms with E-state index in [1.165, 1.54) is 4.88 Å². The van der Waals surface area contributed by atoms with Crippen LogP contribution in [-0.2, 0) is 36.8 Å². The van der Waals surface area contributed by atoms with Crippen LogP contribution < -0.4 is 5.32 Å². The van der Waals surface area contributed by atoms with Gasteiger partial charge in [0.1, 0.15) is 23.3 Å². The summed E-state index contributed by atoms with van der Waals surface area (Å²) in [4.78, 5) is 42.7. The molecule has 0 unspecified atom stereocenters. The van der Waals surface area contributed by atoms with Crippen LogP contribution in [0.5, 0.6) is 0 Å². The van der Waals surface area contributed by atoms with Crippen LogP contribution >= 0.6 is 22.9 Å². The molecule has 0 fully saturated rings. The fraction of sp³-hybridized carbons (Fsp3) is 0.536. The van der Waals surface area contributed by atoms with Gasteiger partial charge >= 0.3 is 18.0 Å². The third-order valence-corrected chi connectivity index (χ3v) is 7.10. The van der Waals surface area contributed by atoms with E-state index < -0.39 is 47.4 Å². The Balaban J connectivity index is 1.86. The zero-order valence-corrected chi connectivity index (χ0v) is 24.6. The highest BCUT2D eigenvalue weighted by Gasteiger charge is 2.39. The first-order valence-corrected chi connectivity index (χ1v) is 13.9. The average Bonchev–Trinajstić information content (AvgIpc) is 3.24. The van der Waals surface area contributed by atoms with Crippen molar-refractivity contribution in [2.45, 2.75) is 90.8 Å². The van der Waals surface area contributed by atoms with Crippen LogP contribution in [0.15, 0.2) is 35.7 Å². The van der Waals surface area contributed by atoms with Crippen molar-refractivity contribution in [3.63, 3.8) is 0 Å². The lowest BCUT2D eigenvalue weighted by Gasteiger charge is -2.35. The number of amides is 1. The molecule has 1 aliphatic rings. The summed E-state index contributed by atoms with van der Waals surface area (Å²) in [5.41, 5.74) is 0.170. The third-order valence-electron chi connectivity index (χ3n) is 5.73. The van der Waals surface area contributed by atoms with Gasteiger partial charge < -0.3 is 19.5 Å². The summed E-state index contributed by atoms with van der Waals surface area (Å²) < 4.78 is 16.7. The van der Waals surface area contributed by atoms with Crippen molar-refractivity contribution >= 4 is 41.0 Å². The highest BCUT2D eigenvalue weighted by molar-refractivity contribution is 7.10. The van der Waals surface area contributed by atoms with Crippen molar-refractivity contribution in [1.29, 1.82) is 0 Å². The Labute approximate surface area is 233 Å². The molecule has 0 saturated heterocycles. The Morgan fingerprint density at radius 3 is 2.29 bits per heavy atom. The van der Waals surface area contributed by atoms with Gasteiger partial charge in [-0.3, -0.25) is 4.90 Å². The maximum atomic E-state index is 13.8. The molecule has 208 valence electrons. The molecule has 2 heterocycles. The lowest BCUT2D eigenvalue weighted by atomic mass is 10.0. The standard InChI is InChI=1S/C28H37ClN2O6S/c1-17(22(24(32)36-27(2,3)4)30-26(34)37-28(5,6)7)35-25(33)23(19-10-8-9-11-20(19)29)31-14-12-21-18(16-31)13-15-38-21/h8-11,13,15,17,22-23H,12,14,16H2,1-7H3,(H,30,34)/t17-,22+,23+/m1/s1. The van der Waals surface area contributed by atoms with Crippen LogP contribution in [0.3, 0.4) is 0 Å². The van der Waals surface area contributed by atoms with E-state index in [1.54, 1.807) is 78.0 Å². The van der Waals surface area contributed by atoms with Crippen LogP contribution in [0.2, 0.25) is 5.02 Å². The number of halogens is 1. The Bertz CT molecular complexity index is 1150. The normalized spacial score (nSPS) is 16.5. The molecule has 0 radical (unpaired) electrons. The van der Waals surface area contributed by atoms with Gasteiger partial charge in [0, 0.05) is 23.0 Å². The molecule has 1 N–H and O–H groups in total. The quantitative estimate of drug-likeness (QED) is 0.342. The van der Waals surface area contributed by atoms with Gasteiger partial charge in [0.2, 0.25) is 0 Å². The van der Waals surface area contributed by atoms with E-state index in [2.05, 4.69) is 11.4 Å². The summed E-state index contributed by atoms with van der Waals surface area (Å²) in [7, 11) is 0. The van der Waals surface area contributed by atoms with Crippen LogP contribution in [0.4, 0.5) is 4.79 Å². The number of esters is 2. The molecule has 10 heteroatoms. The molecule has 1 amide bonds. The highest BCUT2D eigenvalue weighted by atomic mass is 35.5. The van der Waals surface area contributed by atoms with Gasteiger partial charge in [-0.05, 0) is 83.5 Å². The average molecular weight is 565 g/mol. The number of nitrogens with zero attached hydrogens (tertiary/aromatic N) is 1. The molecule has 3 rings (SSSR count). The number of rotatable bonds is 7. The number of nitrogens with one attached hydrogen (secondary N) is 1.